The van der Waals surface area contributed by atoms with Gasteiger partial charge in [-0.3, -0.25) is 4.79 Å². The smallest absolute Gasteiger partial charge is 0.240 e. The summed E-state index contributed by atoms with van der Waals surface area (Å²) in [6.07, 6.45) is 7.48. The fourth-order valence-electron chi connectivity index (χ4n) is 2.96. The highest BCUT2D eigenvalue weighted by molar-refractivity contribution is 5.85. The summed E-state index contributed by atoms with van der Waals surface area (Å²) in [7, 11) is 0. The standard InChI is InChI=1S/C16H28N2O/c1-4-16(5-2,12-17)15(19)18-11-10-14-8-6-13(3)7-9-14/h13-14H,4-11H2,1-3H3,(H,18,19). The van der Waals surface area contributed by atoms with Gasteiger partial charge in [-0.2, -0.15) is 5.26 Å². The van der Waals surface area contributed by atoms with Crippen molar-refractivity contribution in [1.82, 2.24) is 5.32 Å². The molecule has 108 valence electrons. The molecule has 0 radical (unpaired) electrons. The van der Waals surface area contributed by atoms with Crippen LogP contribution in [0.2, 0.25) is 0 Å². The topological polar surface area (TPSA) is 52.9 Å². The maximum absolute atomic E-state index is 12.1. The lowest BCUT2D eigenvalue weighted by molar-refractivity contribution is -0.128. The minimum atomic E-state index is -0.818. The highest BCUT2D eigenvalue weighted by Gasteiger charge is 2.34. The predicted octanol–water partition coefficient (Wildman–Crippen LogP) is 3.65. The van der Waals surface area contributed by atoms with Crippen LogP contribution >= 0.6 is 0 Å². The van der Waals surface area contributed by atoms with Gasteiger partial charge in [0.15, 0.2) is 0 Å². The Morgan fingerprint density at radius 2 is 1.84 bits per heavy atom. The van der Waals surface area contributed by atoms with E-state index in [0.29, 0.717) is 12.8 Å². The maximum atomic E-state index is 12.1. The zero-order chi connectivity index (χ0) is 14.3. The number of hydrogen-bond acceptors (Lipinski definition) is 2. The van der Waals surface area contributed by atoms with Crippen molar-refractivity contribution in [3.8, 4) is 6.07 Å². The van der Waals surface area contributed by atoms with Crippen LogP contribution in [0.25, 0.3) is 0 Å². The summed E-state index contributed by atoms with van der Waals surface area (Å²) in [4.78, 5) is 12.1. The number of nitrogens with one attached hydrogen (secondary N) is 1. The van der Waals surface area contributed by atoms with Crippen molar-refractivity contribution in [2.45, 2.75) is 65.7 Å². The molecular formula is C16H28N2O. The van der Waals surface area contributed by atoms with Gasteiger partial charge in [-0.25, -0.2) is 0 Å². The van der Waals surface area contributed by atoms with Crippen LogP contribution in [0.3, 0.4) is 0 Å². The average Bonchev–Trinajstić information content (AvgIpc) is 2.44. The molecule has 3 heteroatoms. The molecule has 1 fully saturated rings. The fourth-order valence-corrected chi connectivity index (χ4v) is 2.96. The highest BCUT2D eigenvalue weighted by Crippen LogP contribution is 2.30. The third-order valence-electron chi connectivity index (χ3n) is 4.83. The molecule has 0 atom stereocenters. The zero-order valence-corrected chi connectivity index (χ0v) is 12.7. The summed E-state index contributed by atoms with van der Waals surface area (Å²) in [6.45, 7) is 6.87. The first-order chi connectivity index (χ1) is 9.07. The van der Waals surface area contributed by atoms with E-state index in [2.05, 4.69) is 18.3 Å². The summed E-state index contributed by atoms with van der Waals surface area (Å²) < 4.78 is 0. The molecular weight excluding hydrogens is 236 g/mol. The number of rotatable bonds is 6. The van der Waals surface area contributed by atoms with Crippen molar-refractivity contribution >= 4 is 5.91 Å². The van der Waals surface area contributed by atoms with Crippen molar-refractivity contribution in [2.75, 3.05) is 6.54 Å². The summed E-state index contributed by atoms with van der Waals surface area (Å²) in [5.74, 6) is 1.55. The molecule has 1 amide bonds. The molecule has 1 N–H and O–H groups in total. The van der Waals surface area contributed by atoms with Crippen LogP contribution in [-0.2, 0) is 4.79 Å². The molecule has 1 aliphatic rings. The van der Waals surface area contributed by atoms with Gasteiger partial charge in [0.1, 0.15) is 5.41 Å². The van der Waals surface area contributed by atoms with E-state index in [4.69, 9.17) is 0 Å². The molecule has 0 aliphatic heterocycles. The molecule has 0 heterocycles. The minimum absolute atomic E-state index is 0.0795. The maximum Gasteiger partial charge on any atom is 0.240 e. The van der Waals surface area contributed by atoms with E-state index in [1.165, 1.54) is 25.7 Å². The number of carbonyl (C=O) groups excluding carboxylic acids is 1. The Balaban J connectivity index is 2.33. The van der Waals surface area contributed by atoms with Gasteiger partial charge in [0, 0.05) is 6.54 Å². The Morgan fingerprint density at radius 1 is 1.26 bits per heavy atom. The number of carbonyl (C=O) groups is 1. The van der Waals surface area contributed by atoms with E-state index in [1.807, 2.05) is 13.8 Å². The van der Waals surface area contributed by atoms with E-state index in [-0.39, 0.29) is 5.91 Å². The van der Waals surface area contributed by atoms with Gasteiger partial charge in [-0.1, -0.05) is 46.5 Å². The monoisotopic (exact) mass is 264 g/mol. The van der Waals surface area contributed by atoms with Crippen molar-refractivity contribution in [3.63, 3.8) is 0 Å². The Morgan fingerprint density at radius 3 is 2.32 bits per heavy atom. The summed E-state index contributed by atoms with van der Waals surface area (Å²) in [5, 5.41) is 12.2. The van der Waals surface area contributed by atoms with E-state index < -0.39 is 5.41 Å². The lowest BCUT2D eigenvalue weighted by atomic mass is 9.81. The third kappa shape index (κ3) is 4.23. The fraction of sp³-hybridized carbons (Fsp3) is 0.875. The van der Waals surface area contributed by atoms with Gasteiger partial charge in [0.2, 0.25) is 5.91 Å². The van der Waals surface area contributed by atoms with E-state index in [9.17, 15) is 10.1 Å². The quantitative estimate of drug-likeness (QED) is 0.796. The van der Waals surface area contributed by atoms with Crippen LogP contribution in [0.4, 0.5) is 0 Å². The number of hydrogen-bond donors (Lipinski definition) is 1. The van der Waals surface area contributed by atoms with E-state index in [1.54, 1.807) is 0 Å². The number of nitriles is 1. The Bertz CT molecular complexity index is 320. The molecule has 1 saturated carbocycles. The lowest BCUT2D eigenvalue weighted by Gasteiger charge is -2.27. The zero-order valence-electron chi connectivity index (χ0n) is 12.7. The average molecular weight is 264 g/mol. The highest BCUT2D eigenvalue weighted by atomic mass is 16.2. The molecule has 0 unspecified atom stereocenters. The van der Waals surface area contributed by atoms with Crippen LogP contribution in [0.5, 0.6) is 0 Å². The summed E-state index contributed by atoms with van der Waals surface area (Å²) in [5.41, 5.74) is -0.818. The molecule has 0 spiro atoms. The van der Waals surface area contributed by atoms with E-state index in [0.717, 1.165) is 24.8 Å². The molecule has 1 rings (SSSR count). The van der Waals surface area contributed by atoms with Gasteiger partial charge >= 0.3 is 0 Å². The van der Waals surface area contributed by atoms with Gasteiger partial charge in [-0.15, -0.1) is 0 Å². The molecule has 0 aromatic rings. The van der Waals surface area contributed by atoms with Gasteiger partial charge in [-0.05, 0) is 31.1 Å². The third-order valence-corrected chi connectivity index (χ3v) is 4.83. The van der Waals surface area contributed by atoms with Crippen molar-refractivity contribution < 1.29 is 4.79 Å². The predicted molar refractivity (Wildman–Crippen MR) is 77.4 cm³/mol. The molecule has 19 heavy (non-hydrogen) atoms. The first-order valence-corrected chi connectivity index (χ1v) is 7.77. The summed E-state index contributed by atoms with van der Waals surface area (Å²) >= 11 is 0. The Kier molecular flexibility index (Phi) is 6.34. The Labute approximate surface area is 117 Å². The molecule has 0 bridgehead atoms. The normalized spacial score (nSPS) is 23.7. The first-order valence-electron chi connectivity index (χ1n) is 7.77. The molecule has 3 nitrogen and oxygen atoms in total. The molecule has 0 aromatic carbocycles. The SMILES string of the molecule is CCC(C#N)(CC)C(=O)NCCC1CCC(C)CC1. The van der Waals surface area contributed by atoms with Crippen LogP contribution in [0, 0.1) is 28.6 Å². The molecule has 0 saturated heterocycles. The minimum Gasteiger partial charge on any atom is -0.355 e. The van der Waals surface area contributed by atoms with Crippen molar-refractivity contribution in [1.29, 1.82) is 5.26 Å². The second-order valence-electron chi connectivity index (χ2n) is 6.07. The first kappa shape index (κ1) is 16.0. The van der Waals surface area contributed by atoms with Crippen LogP contribution in [0.15, 0.2) is 0 Å². The van der Waals surface area contributed by atoms with Crippen LogP contribution in [-0.4, -0.2) is 12.5 Å². The largest absolute Gasteiger partial charge is 0.355 e. The Hall–Kier alpha value is -1.04. The lowest BCUT2D eigenvalue weighted by Crippen LogP contribution is -2.40. The van der Waals surface area contributed by atoms with Gasteiger partial charge in [0.25, 0.3) is 0 Å². The second-order valence-corrected chi connectivity index (χ2v) is 6.07. The second kappa shape index (κ2) is 7.53. The number of amides is 1. The van der Waals surface area contributed by atoms with Gasteiger partial charge < -0.3 is 5.32 Å². The number of nitrogens with zero attached hydrogens (tertiary/aromatic N) is 1. The van der Waals surface area contributed by atoms with Crippen molar-refractivity contribution in [2.24, 2.45) is 17.3 Å². The summed E-state index contributed by atoms with van der Waals surface area (Å²) in [6, 6.07) is 2.20. The molecule has 0 aromatic heterocycles. The van der Waals surface area contributed by atoms with Crippen LogP contribution < -0.4 is 5.32 Å². The van der Waals surface area contributed by atoms with E-state index >= 15 is 0 Å². The molecule has 1 aliphatic carbocycles. The van der Waals surface area contributed by atoms with Gasteiger partial charge in [0.05, 0.1) is 6.07 Å². The van der Waals surface area contributed by atoms with Crippen LogP contribution in [0.1, 0.15) is 65.7 Å². The van der Waals surface area contributed by atoms with Crippen molar-refractivity contribution in [3.05, 3.63) is 0 Å².